The van der Waals surface area contributed by atoms with Crippen molar-refractivity contribution in [3.8, 4) is 5.75 Å². The summed E-state index contributed by atoms with van der Waals surface area (Å²) in [6, 6.07) is 32.1. The van der Waals surface area contributed by atoms with E-state index < -0.39 is 23.0 Å². The second-order valence-electron chi connectivity index (χ2n) is 12.8. The predicted molar refractivity (Wildman–Crippen MR) is 223 cm³/mol. The molecule has 1 atom stereocenters. The molecule has 1 aliphatic rings. The standard InChI is InChI=1S/C44H42N4O7S2/c1-4-54-36-22-13-12-19-31(36)25-35(46-40(50)30-17-10-7-11-18-30)41(51)45-32-20-14-21-33(26-32)56-39(29-15-8-6-9-16-29)42(52)47-43-38(44(53)55-5-2)34-23-24-48(28(3)49)27-37(34)57-43/h6-22,25-26,39H,4-5,23-24,27H2,1-3H3,(H,45,51)(H,46,50)(H,47,52)/b35-25+. The largest absolute Gasteiger partial charge is 0.493 e. The van der Waals surface area contributed by atoms with E-state index >= 15 is 0 Å². The molecule has 1 aliphatic heterocycles. The van der Waals surface area contributed by atoms with Gasteiger partial charge in [0.15, 0.2) is 0 Å². The van der Waals surface area contributed by atoms with E-state index in [1.54, 1.807) is 78.6 Å². The van der Waals surface area contributed by atoms with Gasteiger partial charge in [-0.1, -0.05) is 72.8 Å². The number of amides is 4. The fourth-order valence-electron chi connectivity index (χ4n) is 6.22. The van der Waals surface area contributed by atoms with Gasteiger partial charge in [0.2, 0.25) is 11.8 Å². The van der Waals surface area contributed by atoms with Crippen molar-refractivity contribution in [2.75, 3.05) is 30.4 Å². The zero-order valence-corrected chi connectivity index (χ0v) is 33.3. The molecule has 292 valence electrons. The van der Waals surface area contributed by atoms with E-state index in [4.69, 9.17) is 9.47 Å². The first kappa shape index (κ1) is 40.5. The molecule has 3 N–H and O–H groups in total. The molecule has 4 aromatic carbocycles. The average molecular weight is 803 g/mol. The van der Waals surface area contributed by atoms with E-state index in [2.05, 4.69) is 16.0 Å². The molecule has 0 aliphatic carbocycles. The van der Waals surface area contributed by atoms with Crippen molar-refractivity contribution >= 4 is 69.5 Å². The SMILES string of the molecule is CCOC(=O)c1c(NC(=O)C(Sc2cccc(NC(=O)/C(=C\c3ccccc3OCC)NC(=O)c3ccccc3)c2)c2ccccc2)sc2c1CCN(C(C)=O)C2. The van der Waals surface area contributed by atoms with Crippen LogP contribution in [0.5, 0.6) is 5.75 Å². The third-order valence-electron chi connectivity index (χ3n) is 8.95. The van der Waals surface area contributed by atoms with Crippen molar-refractivity contribution in [1.29, 1.82) is 0 Å². The number of fused-ring (bicyclic) bond motifs is 1. The van der Waals surface area contributed by atoms with Gasteiger partial charge in [0, 0.05) is 40.1 Å². The number of hydrogen-bond donors (Lipinski definition) is 3. The van der Waals surface area contributed by atoms with Crippen LogP contribution in [0.3, 0.4) is 0 Å². The highest BCUT2D eigenvalue weighted by molar-refractivity contribution is 8.00. The molecule has 0 bridgehead atoms. The number of carbonyl (C=O) groups excluding carboxylic acids is 5. The third kappa shape index (κ3) is 10.2. The van der Waals surface area contributed by atoms with Gasteiger partial charge in [-0.3, -0.25) is 19.2 Å². The highest BCUT2D eigenvalue weighted by Gasteiger charge is 2.32. The van der Waals surface area contributed by atoms with Crippen LogP contribution in [0.25, 0.3) is 6.08 Å². The van der Waals surface area contributed by atoms with Gasteiger partial charge >= 0.3 is 5.97 Å². The quantitative estimate of drug-likeness (QED) is 0.0581. The van der Waals surface area contributed by atoms with Crippen LogP contribution in [0.2, 0.25) is 0 Å². The van der Waals surface area contributed by atoms with Gasteiger partial charge in [-0.25, -0.2) is 4.79 Å². The van der Waals surface area contributed by atoms with E-state index in [0.717, 1.165) is 16.0 Å². The van der Waals surface area contributed by atoms with E-state index in [-0.39, 0.29) is 24.1 Å². The maximum Gasteiger partial charge on any atom is 0.341 e. The minimum absolute atomic E-state index is 0.00178. The lowest BCUT2D eigenvalue weighted by molar-refractivity contribution is -0.129. The predicted octanol–water partition coefficient (Wildman–Crippen LogP) is 8.11. The Hall–Kier alpha value is -6.18. The lowest BCUT2D eigenvalue weighted by atomic mass is 10.0. The number of thiophene rings is 1. The Bertz CT molecular complexity index is 2290. The minimum Gasteiger partial charge on any atom is -0.493 e. The smallest absolute Gasteiger partial charge is 0.341 e. The molecule has 13 heteroatoms. The Labute approximate surface area is 339 Å². The summed E-state index contributed by atoms with van der Waals surface area (Å²) in [7, 11) is 0. The molecule has 57 heavy (non-hydrogen) atoms. The number of nitrogens with one attached hydrogen (secondary N) is 3. The Balaban J connectivity index is 1.27. The summed E-state index contributed by atoms with van der Waals surface area (Å²) in [6.45, 7) is 6.50. The van der Waals surface area contributed by atoms with Crippen LogP contribution in [0, 0.1) is 0 Å². The van der Waals surface area contributed by atoms with Crippen LogP contribution in [0.1, 0.15) is 68.3 Å². The molecule has 11 nitrogen and oxygen atoms in total. The molecule has 4 amide bonds. The van der Waals surface area contributed by atoms with Crippen molar-refractivity contribution in [3.05, 3.63) is 148 Å². The molecule has 6 rings (SSSR count). The van der Waals surface area contributed by atoms with Gasteiger partial charge in [0.1, 0.15) is 21.7 Å². The van der Waals surface area contributed by atoms with Gasteiger partial charge in [-0.15, -0.1) is 23.1 Å². The molecule has 0 radical (unpaired) electrons. The molecule has 2 heterocycles. The fraction of sp³-hybridized carbons (Fsp3) is 0.205. The van der Waals surface area contributed by atoms with Gasteiger partial charge in [0.05, 0.1) is 25.3 Å². The summed E-state index contributed by atoms with van der Waals surface area (Å²) in [4.78, 5) is 70.1. The Kier molecular flexibility index (Phi) is 13.6. The van der Waals surface area contributed by atoms with Gasteiger partial charge in [0.25, 0.3) is 11.8 Å². The number of carbonyl (C=O) groups is 5. The number of rotatable bonds is 14. The lowest BCUT2D eigenvalue weighted by Crippen LogP contribution is -2.34. The van der Waals surface area contributed by atoms with Crippen LogP contribution in [0.15, 0.2) is 120 Å². The summed E-state index contributed by atoms with van der Waals surface area (Å²) in [5, 5.41) is 8.31. The highest BCUT2D eigenvalue weighted by atomic mass is 32.2. The minimum atomic E-state index is -0.768. The van der Waals surface area contributed by atoms with Crippen molar-refractivity contribution in [3.63, 3.8) is 0 Å². The monoisotopic (exact) mass is 802 g/mol. The number of ether oxygens (including phenoxy) is 2. The van der Waals surface area contributed by atoms with Crippen LogP contribution in [0.4, 0.5) is 10.7 Å². The molecular formula is C44H42N4O7S2. The Morgan fingerprint density at radius 1 is 0.860 bits per heavy atom. The molecule has 5 aromatic rings. The third-order valence-corrected chi connectivity index (χ3v) is 11.3. The molecule has 0 spiro atoms. The molecular weight excluding hydrogens is 761 g/mol. The fourth-order valence-corrected chi connectivity index (χ4v) is 8.56. The number of anilines is 2. The highest BCUT2D eigenvalue weighted by Crippen LogP contribution is 2.41. The first-order valence-corrected chi connectivity index (χ1v) is 20.2. The van der Waals surface area contributed by atoms with Crippen LogP contribution in [-0.2, 0) is 32.1 Å². The number of hydrogen-bond acceptors (Lipinski definition) is 9. The van der Waals surface area contributed by atoms with Crippen molar-refractivity contribution in [1.82, 2.24) is 10.2 Å². The molecule has 0 fully saturated rings. The summed E-state index contributed by atoms with van der Waals surface area (Å²) in [5.74, 6) is -1.42. The van der Waals surface area contributed by atoms with Crippen LogP contribution >= 0.6 is 23.1 Å². The Morgan fingerprint density at radius 2 is 1.58 bits per heavy atom. The first-order valence-electron chi connectivity index (χ1n) is 18.5. The summed E-state index contributed by atoms with van der Waals surface area (Å²) in [5.41, 5.74) is 3.24. The van der Waals surface area contributed by atoms with Gasteiger partial charge in [-0.05, 0) is 73.9 Å². The van der Waals surface area contributed by atoms with E-state index in [9.17, 15) is 24.0 Å². The number of thioether (sulfide) groups is 1. The second-order valence-corrected chi connectivity index (χ2v) is 15.1. The average Bonchev–Trinajstić information content (AvgIpc) is 3.58. The maximum absolute atomic E-state index is 14.3. The van der Waals surface area contributed by atoms with E-state index in [1.165, 1.54) is 30.0 Å². The summed E-state index contributed by atoms with van der Waals surface area (Å²) in [6.07, 6.45) is 2.04. The lowest BCUT2D eigenvalue weighted by Gasteiger charge is -2.25. The van der Waals surface area contributed by atoms with Crippen molar-refractivity contribution in [2.45, 2.75) is 43.9 Å². The maximum atomic E-state index is 14.3. The Morgan fingerprint density at radius 3 is 2.30 bits per heavy atom. The molecule has 1 unspecified atom stereocenters. The molecule has 1 aromatic heterocycles. The number of nitrogens with zero attached hydrogens (tertiary/aromatic N) is 1. The number of para-hydroxylation sites is 1. The van der Waals surface area contributed by atoms with Gasteiger partial charge < -0.3 is 30.3 Å². The van der Waals surface area contributed by atoms with Gasteiger partial charge in [-0.2, -0.15) is 0 Å². The van der Waals surface area contributed by atoms with E-state index in [1.807, 2.05) is 55.5 Å². The number of esters is 1. The summed E-state index contributed by atoms with van der Waals surface area (Å²) < 4.78 is 11.2. The summed E-state index contributed by atoms with van der Waals surface area (Å²) >= 11 is 2.55. The van der Waals surface area contributed by atoms with Crippen LogP contribution < -0.4 is 20.7 Å². The zero-order valence-electron chi connectivity index (χ0n) is 31.7. The second kappa shape index (κ2) is 19.1. The first-order chi connectivity index (χ1) is 27.6. The van der Waals surface area contributed by atoms with Crippen molar-refractivity contribution < 1.29 is 33.4 Å². The topological polar surface area (TPSA) is 143 Å². The molecule has 0 saturated carbocycles. The van der Waals surface area contributed by atoms with E-state index in [0.29, 0.717) is 64.1 Å². The van der Waals surface area contributed by atoms with Crippen LogP contribution in [-0.4, -0.2) is 54.3 Å². The molecule has 0 saturated heterocycles. The van der Waals surface area contributed by atoms with Crippen molar-refractivity contribution in [2.24, 2.45) is 0 Å². The number of benzene rings is 4. The zero-order chi connectivity index (χ0) is 40.3. The normalized spacial score (nSPS) is 12.8.